The van der Waals surface area contributed by atoms with E-state index in [1.807, 2.05) is 70.2 Å². The summed E-state index contributed by atoms with van der Waals surface area (Å²) in [6.45, 7) is 8.54. The molecule has 0 aliphatic carbocycles. The van der Waals surface area contributed by atoms with Gasteiger partial charge in [-0.1, -0.05) is 70.2 Å². The summed E-state index contributed by atoms with van der Waals surface area (Å²) in [4.78, 5) is 53.4. The van der Waals surface area contributed by atoms with Crippen LogP contribution in [-0.2, 0) is 23.9 Å². The molecule has 4 amide bonds. The molecular weight excluding hydrogens is 536 g/mol. The fraction of sp³-hybridized carbons (Fsp3) is 0.613. The molecule has 0 saturated carbocycles. The van der Waals surface area contributed by atoms with Crippen molar-refractivity contribution in [2.24, 2.45) is 23.3 Å². The number of carbonyl (C=O) groups is 4. The molecule has 0 spiro atoms. The first kappa shape index (κ1) is 34.9. The number of hydrogen-bond donors (Lipinski definition) is 5. The van der Waals surface area contributed by atoms with Gasteiger partial charge in [0.25, 0.3) is 5.91 Å². The van der Waals surface area contributed by atoms with Gasteiger partial charge in [0.15, 0.2) is 6.10 Å². The summed E-state index contributed by atoms with van der Waals surface area (Å²) in [5.74, 6) is -1.31. The first-order valence-corrected chi connectivity index (χ1v) is 14.9. The Labute approximate surface area is 250 Å². The number of hydrogen-bond acceptors (Lipinski definition) is 7. The van der Waals surface area contributed by atoms with E-state index < -0.39 is 36.0 Å². The number of benzene rings is 1. The number of nitrogens with zero attached hydrogens (tertiary/aromatic N) is 1. The first-order chi connectivity index (χ1) is 20.0. The molecule has 42 heavy (non-hydrogen) atoms. The van der Waals surface area contributed by atoms with E-state index in [1.54, 1.807) is 4.90 Å². The molecule has 11 nitrogen and oxygen atoms in total. The van der Waals surface area contributed by atoms with E-state index in [1.165, 1.54) is 7.11 Å². The van der Waals surface area contributed by atoms with Crippen LogP contribution in [-0.4, -0.2) is 85.5 Å². The highest BCUT2D eigenvalue weighted by atomic mass is 16.5. The zero-order valence-electron chi connectivity index (χ0n) is 25.7. The van der Waals surface area contributed by atoms with E-state index in [-0.39, 0.29) is 42.8 Å². The van der Waals surface area contributed by atoms with Gasteiger partial charge >= 0.3 is 0 Å². The number of amides is 4. The number of nitrogens with two attached hydrogens (primary N) is 2. The number of likely N-dealkylation sites (tertiary alicyclic amines) is 1. The Morgan fingerprint density at radius 1 is 1.00 bits per heavy atom. The summed E-state index contributed by atoms with van der Waals surface area (Å²) >= 11 is 0. The SMILES string of the molecule is CO[C@H]1C(=O)N(CCNC(=O)[C@H](CCCCN)NC(=O)[C@H](CC(C)C)NC(=O)[C@H](N)C(C)C)[C@H]1/C=C/c1ccccc1. The Kier molecular flexibility index (Phi) is 14.7. The van der Waals surface area contributed by atoms with Crippen LogP contribution in [0.3, 0.4) is 0 Å². The van der Waals surface area contributed by atoms with Gasteiger partial charge in [0.2, 0.25) is 17.7 Å². The molecule has 0 unspecified atom stereocenters. The lowest BCUT2D eigenvalue weighted by atomic mass is 9.96. The van der Waals surface area contributed by atoms with Crippen molar-refractivity contribution in [1.82, 2.24) is 20.9 Å². The van der Waals surface area contributed by atoms with Crippen molar-refractivity contribution in [1.29, 1.82) is 0 Å². The van der Waals surface area contributed by atoms with Gasteiger partial charge in [0, 0.05) is 20.2 Å². The third-order valence-corrected chi connectivity index (χ3v) is 7.33. The Balaban J connectivity index is 2.03. The number of β-lactam (4-membered cyclic amide) rings is 1. The van der Waals surface area contributed by atoms with Crippen LogP contribution >= 0.6 is 0 Å². The minimum Gasteiger partial charge on any atom is -0.369 e. The van der Waals surface area contributed by atoms with E-state index >= 15 is 0 Å². The zero-order chi connectivity index (χ0) is 31.2. The van der Waals surface area contributed by atoms with Crippen LogP contribution < -0.4 is 27.4 Å². The van der Waals surface area contributed by atoms with Crippen molar-refractivity contribution >= 4 is 29.7 Å². The smallest absolute Gasteiger partial charge is 0.254 e. The number of rotatable bonds is 18. The second-order valence-corrected chi connectivity index (χ2v) is 11.5. The second-order valence-electron chi connectivity index (χ2n) is 11.5. The summed E-state index contributed by atoms with van der Waals surface area (Å²) in [5.41, 5.74) is 12.6. The Hall–Kier alpha value is -3.28. The number of nitrogens with one attached hydrogen (secondary N) is 3. The predicted octanol–water partition coefficient (Wildman–Crippen LogP) is 1.17. The van der Waals surface area contributed by atoms with Gasteiger partial charge in [-0.05, 0) is 49.6 Å². The third kappa shape index (κ3) is 10.5. The molecule has 1 aliphatic rings. The van der Waals surface area contributed by atoms with Gasteiger partial charge in [0.05, 0.1) is 12.1 Å². The number of carbonyl (C=O) groups excluding carboxylic acids is 4. The van der Waals surface area contributed by atoms with Crippen LogP contribution in [0.15, 0.2) is 36.4 Å². The minimum absolute atomic E-state index is 0.0894. The highest BCUT2D eigenvalue weighted by Crippen LogP contribution is 2.24. The van der Waals surface area contributed by atoms with Gasteiger partial charge < -0.3 is 37.1 Å². The van der Waals surface area contributed by atoms with Crippen LogP contribution in [0.1, 0.15) is 58.9 Å². The molecule has 1 saturated heterocycles. The molecule has 1 fully saturated rings. The topological polar surface area (TPSA) is 169 Å². The molecule has 1 aliphatic heterocycles. The molecular formula is C31H50N6O5. The lowest BCUT2D eigenvalue weighted by Crippen LogP contribution is -2.65. The fourth-order valence-corrected chi connectivity index (χ4v) is 4.75. The average molecular weight is 587 g/mol. The molecule has 7 N–H and O–H groups in total. The van der Waals surface area contributed by atoms with E-state index in [2.05, 4.69) is 16.0 Å². The predicted molar refractivity (Wildman–Crippen MR) is 164 cm³/mol. The van der Waals surface area contributed by atoms with E-state index in [0.29, 0.717) is 32.2 Å². The maximum Gasteiger partial charge on any atom is 0.254 e. The monoisotopic (exact) mass is 586 g/mol. The van der Waals surface area contributed by atoms with Crippen molar-refractivity contribution < 1.29 is 23.9 Å². The van der Waals surface area contributed by atoms with Crippen molar-refractivity contribution in [3.05, 3.63) is 42.0 Å². The molecule has 0 aromatic heterocycles. The lowest BCUT2D eigenvalue weighted by Gasteiger charge is -2.44. The van der Waals surface area contributed by atoms with Crippen molar-refractivity contribution in [3.8, 4) is 0 Å². The Morgan fingerprint density at radius 2 is 1.67 bits per heavy atom. The molecule has 1 aromatic rings. The molecule has 11 heteroatoms. The van der Waals surface area contributed by atoms with Gasteiger partial charge in [-0.3, -0.25) is 19.2 Å². The first-order valence-electron chi connectivity index (χ1n) is 14.9. The average Bonchev–Trinajstić information content (AvgIpc) is 2.96. The third-order valence-electron chi connectivity index (χ3n) is 7.33. The molecule has 0 radical (unpaired) electrons. The molecule has 234 valence electrons. The standard InChI is InChI=1S/C31H50N6O5/c1-20(2)19-24(36-30(40)26(33)21(3)4)29(39)35-23(13-9-10-16-32)28(38)34-17-18-37-25(27(42-5)31(37)41)15-14-22-11-7-6-8-12-22/h6-8,11-12,14-15,20-21,23-27H,9-10,13,16-19,32-33H2,1-5H3,(H,34,38)(H,35,39)(H,36,40)/b15-14+/t23-,24-,25-,26+,27+/m0/s1. The van der Waals surface area contributed by atoms with Crippen LogP contribution in [0.2, 0.25) is 0 Å². The van der Waals surface area contributed by atoms with Gasteiger partial charge in [-0.25, -0.2) is 0 Å². The summed E-state index contributed by atoms with van der Waals surface area (Å²) in [6.07, 6.45) is 5.43. The summed E-state index contributed by atoms with van der Waals surface area (Å²) < 4.78 is 5.37. The number of unbranched alkanes of at least 4 members (excludes halogenated alkanes) is 1. The highest BCUT2D eigenvalue weighted by Gasteiger charge is 2.45. The van der Waals surface area contributed by atoms with Crippen LogP contribution in [0.5, 0.6) is 0 Å². The zero-order valence-corrected chi connectivity index (χ0v) is 25.7. The largest absolute Gasteiger partial charge is 0.369 e. The normalized spacial score (nSPS) is 19.0. The van der Waals surface area contributed by atoms with Crippen LogP contribution in [0.4, 0.5) is 0 Å². The maximum atomic E-state index is 13.3. The Morgan fingerprint density at radius 3 is 2.26 bits per heavy atom. The van der Waals surface area contributed by atoms with Crippen LogP contribution in [0.25, 0.3) is 6.08 Å². The highest BCUT2D eigenvalue weighted by molar-refractivity contribution is 5.93. The minimum atomic E-state index is -0.825. The molecule has 5 atom stereocenters. The quantitative estimate of drug-likeness (QED) is 0.127. The van der Waals surface area contributed by atoms with Crippen molar-refractivity contribution in [2.75, 3.05) is 26.7 Å². The van der Waals surface area contributed by atoms with E-state index in [9.17, 15) is 19.2 Å². The molecule has 0 bridgehead atoms. The number of ether oxygens (including phenoxy) is 1. The molecule has 1 aromatic carbocycles. The van der Waals surface area contributed by atoms with E-state index in [4.69, 9.17) is 16.2 Å². The van der Waals surface area contributed by atoms with Gasteiger partial charge in [-0.2, -0.15) is 0 Å². The molecule has 2 rings (SSSR count). The van der Waals surface area contributed by atoms with E-state index in [0.717, 1.165) is 5.56 Å². The number of methoxy groups -OCH3 is 1. The Bertz CT molecular complexity index is 1050. The fourth-order valence-electron chi connectivity index (χ4n) is 4.75. The van der Waals surface area contributed by atoms with Gasteiger partial charge in [0.1, 0.15) is 12.1 Å². The summed E-state index contributed by atoms with van der Waals surface area (Å²) in [5, 5.41) is 8.47. The summed E-state index contributed by atoms with van der Waals surface area (Å²) in [6, 6.07) is 7.12. The second kappa shape index (κ2) is 17.6. The lowest BCUT2D eigenvalue weighted by molar-refractivity contribution is -0.165. The van der Waals surface area contributed by atoms with Gasteiger partial charge in [-0.15, -0.1) is 0 Å². The van der Waals surface area contributed by atoms with Crippen LogP contribution in [0, 0.1) is 11.8 Å². The molecule has 1 heterocycles. The maximum absolute atomic E-state index is 13.3. The van der Waals surface area contributed by atoms with Crippen molar-refractivity contribution in [2.45, 2.75) is 83.6 Å². The van der Waals surface area contributed by atoms with Crippen molar-refractivity contribution in [3.63, 3.8) is 0 Å². The summed E-state index contributed by atoms with van der Waals surface area (Å²) in [7, 11) is 1.51.